The molecular formula is C22H36OS. The van der Waals surface area contributed by atoms with Crippen molar-refractivity contribution >= 4 is 18.4 Å². The number of ketones is 1. The molecule has 0 aromatic heterocycles. The number of carbonyl (C=O) groups excluding carboxylic acids is 1. The number of thiol groups is 1. The van der Waals surface area contributed by atoms with E-state index in [1.807, 2.05) is 0 Å². The number of rotatable bonds is 3. The summed E-state index contributed by atoms with van der Waals surface area (Å²) in [7, 11) is 0. The number of carbonyl (C=O) groups is 1. The summed E-state index contributed by atoms with van der Waals surface area (Å²) in [5.74, 6) is 5.02. The minimum absolute atomic E-state index is 0.407. The second-order valence-electron chi connectivity index (χ2n) is 10.0. The summed E-state index contributed by atoms with van der Waals surface area (Å²) in [6, 6.07) is 0. The van der Waals surface area contributed by atoms with Gasteiger partial charge in [-0.25, -0.2) is 0 Å². The molecule has 0 radical (unpaired) electrons. The molecule has 1 nitrogen and oxygen atoms in total. The predicted octanol–water partition coefficient (Wildman–Crippen LogP) is 5.92. The Kier molecular flexibility index (Phi) is 4.59. The van der Waals surface area contributed by atoms with Gasteiger partial charge in [-0.05, 0) is 91.6 Å². The van der Waals surface area contributed by atoms with Crippen LogP contribution < -0.4 is 0 Å². The van der Waals surface area contributed by atoms with Gasteiger partial charge in [0.05, 0.1) is 0 Å². The molecule has 0 spiro atoms. The number of Topliss-reactive ketones (excluding diaryl/α,β-unsaturated/α-hetero) is 1. The second-order valence-corrected chi connectivity index (χ2v) is 10.5. The van der Waals surface area contributed by atoms with Crippen molar-refractivity contribution in [2.75, 3.05) is 5.75 Å². The fraction of sp³-hybridized carbons (Fsp3) is 0.955. The van der Waals surface area contributed by atoms with Gasteiger partial charge in [-0.3, -0.25) is 4.79 Å². The molecule has 136 valence electrons. The summed E-state index contributed by atoms with van der Waals surface area (Å²) in [5, 5.41) is 0. The van der Waals surface area contributed by atoms with Gasteiger partial charge in [-0.15, -0.1) is 0 Å². The molecule has 4 aliphatic rings. The van der Waals surface area contributed by atoms with Crippen LogP contribution in [0.3, 0.4) is 0 Å². The molecule has 7 atom stereocenters. The molecule has 0 saturated heterocycles. The van der Waals surface area contributed by atoms with E-state index in [2.05, 4.69) is 26.5 Å². The Morgan fingerprint density at radius 2 is 1.79 bits per heavy atom. The van der Waals surface area contributed by atoms with Gasteiger partial charge in [0.2, 0.25) is 0 Å². The third kappa shape index (κ3) is 2.45. The Hall–Kier alpha value is 0.0200. The summed E-state index contributed by atoms with van der Waals surface area (Å²) >= 11 is 4.44. The van der Waals surface area contributed by atoms with Gasteiger partial charge in [0.15, 0.2) is 0 Å². The van der Waals surface area contributed by atoms with E-state index in [1.54, 1.807) is 0 Å². The highest BCUT2D eigenvalue weighted by Gasteiger charge is 2.61. The van der Waals surface area contributed by atoms with Gasteiger partial charge in [0.1, 0.15) is 5.78 Å². The lowest BCUT2D eigenvalue weighted by atomic mass is 9.44. The zero-order chi connectivity index (χ0) is 16.9. The molecule has 0 aliphatic heterocycles. The van der Waals surface area contributed by atoms with Crippen LogP contribution in [0.1, 0.15) is 84.5 Å². The molecule has 4 aliphatic carbocycles. The van der Waals surface area contributed by atoms with E-state index in [9.17, 15) is 4.79 Å². The van der Waals surface area contributed by atoms with E-state index in [-0.39, 0.29) is 0 Å². The van der Waals surface area contributed by atoms with Crippen LogP contribution in [0, 0.1) is 40.4 Å². The van der Waals surface area contributed by atoms with Crippen LogP contribution in [0.2, 0.25) is 0 Å². The third-order valence-electron chi connectivity index (χ3n) is 9.29. The van der Waals surface area contributed by atoms with E-state index in [0.717, 1.165) is 18.1 Å². The standard InChI is InChI=1S/C22H36OS/c1-21-11-4-3-6-16(21)14-19(23)20-17-9-8-15(7-5-13-24)22(17,2)12-10-18(20)21/h15-18,20,24H,3-14H2,1-2H3. The average Bonchev–Trinajstić information content (AvgIpc) is 2.90. The number of hydrogen-bond acceptors (Lipinski definition) is 2. The van der Waals surface area contributed by atoms with Crippen molar-refractivity contribution in [1.29, 1.82) is 0 Å². The minimum Gasteiger partial charge on any atom is -0.299 e. The lowest BCUT2D eigenvalue weighted by molar-refractivity contribution is -0.155. The third-order valence-corrected chi connectivity index (χ3v) is 9.61. The Labute approximate surface area is 154 Å². The molecule has 4 rings (SSSR count). The lowest BCUT2D eigenvalue weighted by Crippen LogP contribution is -2.56. The summed E-state index contributed by atoms with van der Waals surface area (Å²) in [4.78, 5) is 13.2. The monoisotopic (exact) mass is 348 g/mol. The van der Waals surface area contributed by atoms with E-state index in [0.29, 0.717) is 40.3 Å². The largest absolute Gasteiger partial charge is 0.299 e. The van der Waals surface area contributed by atoms with E-state index < -0.39 is 0 Å². The molecule has 7 unspecified atom stereocenters. The van der Waals surface area contributed by atoms with E-state index in [4.69, 9.17) is 0 Å². The van der Waals surface area contributed by atoms with Crippen LogP contribution in [0.5, 0.6) is 0 Å². The molecule has 0 N–H and O–H groups in total. The Morgan fingerprint density at radius 1 is 1.00 bits per heavy atom. The minimum atomic E-state index is 0.407. The van der Waals surface area contributed by atoms with Crippen LogP contribution in [0.15, 0.2) is 0 Å². The Morgan fingerprint density at radius 3 is 2.58 bits per heavy atom. The molecule has 2 heteroatoms. The first-order chi connectivity index (χ1) is 11.5. The highest BCUT2D eigenvalue weighted by atomic mass is 32.1. The zero-order valence-electron chi connectivity index (χ0n) is 15.7. The summed E-state index contributed by atoms with van der Waals surface area (Å²) in [6.45, 7) is 5.11. The first-order valence-electron chi connectivity index (χ1n) is 10.6. The second kappa shape index (κ2) is 6.32. The molecular weight excluding hydrogens is 312 g/mol. The SMILES string of the molecule is CC12CCC3C(C(=O)CC4CCCCC43C)C1CCC2CCCS. The van der Waals surface area contributed by atoms with Crippen LogP contribution in [0.4, 0.5) is 0 Å². The molecule has 0 aromatic carbocycles. The average molecular weight is 349 g/mol. The van der Waals surface area contributed by atoms with Crippen LogP contribution >= 0.6 is 12.6 Å². The zero-order valence-corrected chi connectivity index (χ0v) is 16.6. The van der Waals surface area contributed by atoms with E-state index >= 15 is 0 Å². The smallest absolute Gasteiger partial charge is 0.136 e. The first kappa shape index (κ1) is 17.4. The van der Waals surface area contributed by atoms with Crippen molar-refractivity contribution in [1.82, 2.24) is 0 Å². The fourth-order valence-corrected chi connectivity index (χ4v) is 8.06. The maximum Gasteiger partial charge on any atom is 0.136 e. The van der Waals surface area contributed by atoms with Crippen molar-refractivity contribution < 1.29 is 4.79 Å². The molecule has 0 aromatic rings. The quantitative estimate of drug-likeness (QED) is 0.626. The molecule has 4 fully saturated rings. The molecule has 0 heterocycles. The van der Waals surface area contributed by atoms with Crippen molar-refractivity contribution in [3.8, 4) is 0 Å². The normalized spacial score (nSPS) is 51.0. The van der Waals surface area contributed by atoms with Crippen molar-refractivity contribution in [3.05, 3.63) is 0 Å². The fourth-order valence-electron chi connectivity index (χ4n) is 7.88. The van der Waals surface area contributed by atoms with Gasteiger partial charge in [0, 0.05) is 12.3 Å². The maximum absolute atomic E-state index is 13.2. The number of hydrogen-bond donors (Lipinski definition) is 1. The number of fused-ring (bicyclic) bond motifs is 5. The van der Waals surface area contributed by atoms with Gasteiger partial charge in [-0.1, -0.05) is 26.7 Å². The molecule has 0 bridgehead atoms. The highest BCUT2D eigenvalue weighted by molar-refractivity contribution is 7.80. The molecule has 24 heavy (non-hydrogen) atoms. The van der Waals surface area contributed by atoms with Crippen molar-refractivity contribution in [2.45, 2.75) is 84.5 Å². The van der Waals surface area contributed by atoms with Crippen molar-refractivity contribution in [2.24, 2.45) is 40.4 Å². The molecule has 4 saturated carbocycles. The summed E-state index contributed by atoms with van der Waals surface area (Å²) in [5.41, 5.74) is 0.916. The Bertz CT molecular complexity index is 502. The van der Waals surface area contributed by atoms with Gasteiger partial charge in [-0.2, -0.15) is 12.6 Å². The molecule has 0 amide bonds. The van der Waals surface area contributed by atoms with Crippen LogP contribution in [0.25, 0.3) is 0 Å². The first-order valence-corrected chi connectivity index (χ1v) is 11.3. The van der Waals surface area contributed by atoms with Crippen LogP contribution in [-0.2, 0) is 4.79 Å². The maximum atomic E-state index is 13.2. The highest BCUT2D eigenvalue weighted by Crippen LogP contribution is 2.67. The van der Waals surface area contributed by atoms with Gasteiger partial charge < -0.3 is 0 Å². The lowest BCUT2D eigenvalue weighted by Gasteiger charge is -2.59. The topological polar surface area (TPSA) is 17.1 Å². The van der Waals surface area contributed by atoms with Crippen molar-refractivity contribution in [3.63, 3.8) is 0 Å². The summed E-state index contributed by atoms with van der Waals surface area (Å²) < 4.78 is 0. The predicted molar refractivity (Wildman–Crippen MR) is 103 cm³/mol. The van der Waals surface area contributed by atoms with Gasteiger partial charge in [0.25, 0.3) is 0 Å². The Balaban J connectivity index is 1.61. The summed E-state index contributed by atoms with van der Waals surface area (Å²) in [6.07, 6.45) is 14.4. The van der Waals surface area contributed by atoms with Crippen LogP contribution in [-0.4, -0.2) is 11.5 Å². The van der Waals surface area contributed by atoms with Gasteiger partial charge >= 0.3 is 0 Å². The van der Waals surface area contributed by atoms with E-state index in [1.165, 1.54) is 64.2 Å².